The van der Waals surface area contributed by atoms with Crippen molar-refractivity contribution in [3.8, 4) is 0 Å². The number of esters is 2. The van der Waals surface area contributed by atoms with Crippen molar-refractivity contribution in [3.05, 3.63) is 39.4 Å². The summed E-state index contributed by atoms with van der Waals surface area (Å²) in [5, 5.41) is 9.66. The molecule has 0 fully saturated rings. The summed E-state index contributed by atoms with van der Waals surface area (Å²) in [6.45, 7) is 4.67. The molecule has 2 aliphatic rings. The third kappa shape index (κ3) is 3.28. The van der Waals surface area contributed by atoms with Crippen LogP contribution < -0.4 is 5.56 Å². The van der Waals surface area contributed by atoms with Gasteiger partial charge in [-0.25, -0.2) is 9.59 Å². The Labute approximate surface area is 173 Å². The lowest BCUT2D eigenvalue weighted by atomic mass is 9.85. The van der Waals surface area contributed by atoms with Crippen molar-refractivity contribution in [2.45, 2.75) is 51.9 Å². The summed E-state index contributed by atoms with van der Waals surface area (Å²) in [6, 6.07) is 0.544. The number of hydrogen-bond acceptors (Lipinski definition) is 7. The Morgan fingerprint density at radius 3 is 2.60 bits per heavy atom. The Balaban J connectivity index is 2.31. The predicted octanol–water partition coefficient (Wildman–Crippen LogP) is 1.64. The Hall–Kier alpha value is -3.10. The van der Waals surface area contributed by atoms with Crippen LogP contribution in [0.25, 0.3) is 5.57 Å². The fourth-order valence-electron chi connectivity index (χ4n) is 3.91. The molecule has 0 bridgehead atoms. The number of cyclic esters (lactones) is 1. The van der Waals surface area contributed by atoms with Gasteiger partial charge in [-0.15, -0.1) is 0 Å². The summed E-state index contributed by atoms with van der Waals surface area (Å²) in [5.74, 6) is -2.93. The van der Waals surface area contributed by atoms with E-state index in [-0.39, 0.29) is 30.6 Å². The van der Waals surface area contributed by atoms with Gasteiger partial charge in [-0.05, 0) is 18.1 Å². The highest BCUT2D eigenvalue weighted by Crippen LogP contribution is 2.42. The fraction of sp³-hybridized carbons (Fsp3) is 0.524. The van der Waals surface area contributed by atoms with Crippen LogP contribution >= 0.6 is 0 Å². The van der Waals surface area contributed by atoms with Gasteiger partial charge in [-0.3, -0.25) is 14.2 Å². The van der Waals surface area contributed by atoms with E-state index >= 15 is 0 Å². The third-order valence-corrected chi connectivity index (χ3v) is 5.45. The average Bonchev–Trinajstić information content (AvgIpc) is 3.02. The smallest absolute Gasteiger partial charge is 0.355 e. The lowest BCUT2D eigenvalue weighted by Gasteiger charge is -2.36. The monoisotopic (exact) mass is 418 g/mol. The van der Waals surface area contributed by atoms with Crippen LogP contribution in [-0.4, -0.2) is 46.6 Å². The lowest BCUT2D eigenvalue weighted by molar-refractivity contribution is -0.191. The summed E-state index contributed by atoms with van der Waals surface area (Å²) >= 11 is 0. The molecule has 0 aliphatic carbocycles. The standard InChI is InChI=1S/C21H26N2O7/c1-6-21(30-19(27)11(2)3)14-8-15-12(9-22(4)5)7-16(18(25)26)23(15)17(24)13(14)10-29-20(21)28/h8-9,11,16H,6-7,10H2,1-5H3,(H,25,26)/b12-9+. The normalized spacial score (nSPS) is 23.7. The number of aromatic nitrogens is 1. The minimum atomic E-state index is -1.74. The molecule has 2 aliphatic heterocycles. The maximum atomic E-state index is 13.3. The SMILES string of the molecule is CCC1(OC(=O)C(C)C)C(=O)OCc2c1cc1n(c2=O)C(C(=O)O)C/C1=C\N(C)C. The van der Waals surface area contributed by atoms with Gasteiger partial charge in [0, 0.05) is 32.3 Å². The number of carboxylic acids is 1. The molecule has 9 nitrogen and oxygen atoms in total. The zero-order chi connectivity index (χ0) is 22.4. The highest BCUT2D eigenvalue weighted by Gasteiger charge is 2.51. The van der Waals surface area contributed by atoms with Crippen molar-refractivity contribution < 1.29 is 29.0 Å². The summed E-state index contributed by atoms with van der Waals surface area (Å²) in [4.78, 5) is 52.1. The number of aliphatic carboxylic acids is 1. The molecular weight excluding hydrogens is 392 g/mol. The van der Waals surface area contributed by atoms with Gasteiger partial charge in [0.15, 0.2) is 0 Å². The number of nitrogens with zero attached hydrogens (tertiary/aromatic N) is 2. The van der Waals surface area contributed by atoms with Gasteiger partial charge in [0.1, 0.15) is 12.6 Å². The van der Waals surface area contributed by atoms with Crippen molar-refractivity contribution in [1.82, 2.24) is 9.47 Å². The van der Waals surface area contributed by atoms with Crippen molar-refractivity contribution in [2.75, 3.05) is 14.1 Å². The summed E-state index contributed by atoms with van der Waals surface area (Å²) in [6.07, 6.45) is 1.95. The maximum Gasteiger partial charge on any atom is 0.355 e. The molecule has 9 heteroatoms. The topological polar surface area (TPSA) is 115 Å². The fourth-order valence-corrected chi connectivity index (χ4v) is 3.91. The molecule has 2 atom stereocenters. The number of allylic oxidation sites excluding steroid dienone is 1. The van der Waals surface area contributed by atoms with Crippen LogP contribution in [0.2, 0.25) is 0 Å². The van der Waals surface area contributed by atoms with E-state index in [2.05, 4.69) is 0 Å². The van der Waals surface area contributed by atoms with E-state index in [0.717, 1.165) is 0 Å². The summed E-state index contributed by atoms with van der Waals surface area (Å²) in [7, 11) is 3.58. The van der Waals surface area contributed by atoms with Gasteiger partial charge in [0.25, 0.3) is 5.56 Å². The van der Waals surface area contributed by atoms with Gasteiger partial charge in [-0.2, -0.15) is 0 Å². The Morgan fingerprint density at radius 2 is 2.07 bits per heavy atom. The zero-order valence-corrected chi connectivity index (χ0v) is 17.7. The Bertz CT molecular complexity index is 1010. The van der Waals surface area contributed by atoms with Gasteiger partial charge >= 0.3 is 17.9 Å². The minimum absolute atomic E-state index is 0.0786. The first-order chi connectivity index (χ1) is 14.0. The number of ether oxygens (including phenoxy) is 2. The van der Waals surface area contributed by atoms with Crippen LogP contribution in [0.3, 0.4) is 0 Å². The minimum Gasteiger partial charge on any atom is -0.480 e. The van der Waals surface area contributed by atoms with E-state index in [1.165, 1.54) is 4.57 Å². The summed E-state index contributed by atoms with van der Waals surface area (Å²) < 4.78 is 12.1. The molecule has 0 saturated heterocycles. The molecule has 162 valence electrons. The van der Waals surface area contributed by atoms with Crippen LogP contribution in [0.15, 0.2) is 17.1 Å². The Kier molecular flexibility index (Phi) is 5.49. The molecule has 2 unspecified atom stereocenters. The quantitative estimate of drug-likeness (QED) is 0.718. The van der Waals surface area contributed by atoms with Crippen LogP contribution in [0.4, 0.5) is 0 Å². The maximum absolute atomic E-state index is 13.3. The average molecular weight is 418 g/mol. The molecule has 1 N–H and O–H groups in total. The van der Waals surface area contributed by atoms with Gasteiger partial charge < -0.3 is 19.5 Å². The van der Waals surface area contributed by atoms with Gasteiger partial charge in [0.05, 0.1) is 17.2 Å². The zero-order valence-electron chi connectivity index (χ0n) is 17.7. The molecule has 30 heavy (non-hydrogen) atoms. The van der Waals surface area contributed by atoms with Crippen molar-refractivity contribution in [1.29, 1.82) is 0 Å². The number of rotatable bonds is 5. The first-order valence-corrected chi connectivity index (χ1v) is 9.82. The molecule has 1 aromatic heterocycles. The largest absolute Gasteiger partial charge is 0.480 e. The number of carboxylic acid groups (broad SMARTS) is 1. The van der Waals surface area contributed by atoms with E-state index in [0.29, 0.717) is 11.3 Å². The van der Waals surface area contributed by atoms with E-state index in [9.17, 15) is 24.3 Å². The molecule has 1 aromatic rings. The molecule has 0 aromatic carbocycles. The van der Waals surface area contributed by atoms with Crippen molar-refractivity contribution in [2.24, 2.45) is 5.92 Å². The first-order valence-electron chi connectivity index (χ1n) is 9.82. The second-order valence-electron chi connectivity index (χ2n) is 8.11. The molecule has 0 radical (unpaired) electrons. The van der Waals surface area contributed by atoms with Gasteiger partial charge in [-0.1, -0.05) is 20.8 Å². The molecule has 0 amide bonds. The van der Waals surface area contributed by atoms with Gasteiger partial charge in [0.2, 0.25) is 5.60 Å². The number of hydrogen-bond donors (Lipinski definition) is 1. The second kappa shape index (κ2) is 7.62. The number of carbonyl (C=O) groups excluding carboxylic acids is 2. The van der Waals surface area contributed by atoms with Crippen molar-refractivity contribution >= 4 is 23.5 Å². The first kappa shape index (κ1) is 21.6. The lowest BCUT2D eigenvalue weighted by Crippen LogP contribution is -2.48. The van der Waals surface area contributed by atoms with E-state index in [1.807, 2.05) is 0 Å². The van der Waals surface area contributed by atoms with Crippen molar-refractivity contribution in [3.63, 3.8) is 0 Å². The number of pyridine rings is 1. The number of carbonyl (C=O) groups is 3. The van der Waals surface area contributed by atoms with E-state index < -0.39 is 41.0 Å². The highest BCUT2D eigenvalue weighted by molar-refractivity contribution is 5.88. The highest BCUT2D eigenvalue weighted by atomic mass is 16.6. The van der Waals surface area contributed by atoms with Crippen LogP contribution in [0.1, 0.15) is 56.5 Å². The molecule has 0 saturated carbocycles. The van der Waals surface area contributed by atoms with Crippen LogP contribution in [-0.2, 0) is 36.1 Å². The molecule has 3 heterocycles. The molecular formula is C21H26N2O7. The number of fused-ring (bicyclic) bond motifs is 2. The predicted molar refractivity (Wildman–Crippen MR) is 106 cm³/mol. The van der Waals surface area contributed by atoms with E-state index in [4.69, 9.17) is 9.47 Å². The second-order valence-corrected chi connectivity index (χ2v) is 8.11. The van der Waals surface area contributed by atoms with Crippen LogP contribution in [0.5, 0.6) is 0 Å². The van der Waals surface area contributed by atoms with Crippen LogP contribution in [0, 0.1) is 5.92 Å². The molecule has 0 spiro atoms. The summed E-state index contributed by atoms with van der Waals surface area (Å²) in [5.41, 5.74) is -0.854. The molecule has 3 rings (SSSR count). The Morgan fingerprint density at radius 1 is 1.40 bits per heavy atom. The van der Waals surface area contributed by atoms with E-state index in [1.54, 1.807) is 52.0 Å². The third-order valence-electron chi connectivity index (χ3n) is 5.45.